The van der Waals surface area contributed by atoms with Gasteiger partial charge in [-0.1, -0.05) is 0 Å². The summed E-state index contributed by atoms with van der Waals surface area (Å²) >= 11 is 0. The van der Waals surface area contributed by atoms with Crippen LogP contribution in [0.2, 0.25) is 0 Å². The molecule has 0 amide bonds. The molecule has 0 aliphatic heterocycles. The van der Waals surface area contributed by atoms with E-state index >= 15 is 0 Å². The molecule has 0 rings (SSSR count). The van der Waals surface area contributed by atoms with Gasteiger partial charge in [0.25, 0.3) is 0 Å². The van der Waals surface area contributed by atoms with Gasteiger partial charge in [-0.05, 0) is 7.26 Å². The molecule has 0 aliphatic rings. The monoisotopic (exact) mass is 101 g/mol. The van der Waals surface area contributed by atoms with Gasteiger partial charge in [-0.3, -0.25) is 0 Å². The van der Waals surface area contributed by atoms with Crippen molar-refractivity contribution in [2.45, 2.75) is 0 Å². The van der Waals surface area contributed by atoms with Gasteiger partial charge in [-0.15, -0.1) is 0 Å². The zero-order valence-corrected chi connectivity index (χ0v) is 5.63. The third-order valence-electron chi connectivity index (χ3n) is 0.548. The van der Waals surface area contributed by atoms with Crippen molar-refractivity contribution in [3.8, 4) is 0 Å². The molecule has 35 valence electrons. The lowest BCUT2D eigenvalue weighted by molar-refractivity contribution is 1.88. The van der Waals surface area contributed by atoms with Gasteiger partial charge in [0.1, 0.15) is 0 Å². The highest BCUT2D eigenvalue weighted by atomic mass is 31.2. The second-order valence-electron chi connectivity index (χ2n) is 2.47. The largest absolute Gasteiger partial charge is 0.571 e. The van der Waals surface area contributed by atoms with Crippen LogP contribution in [0, 0.1) is 0 Å². The van der Waals surface area contributed by atoms with Crippen molar-refractivity contribution in [3.05, 3.63) is 0 Å². The van der Waals surface area contributed by atoms with Crippen LogP contribution in [-0.4, -0.2) is 33.9 Å². The zero-order valence-electron chi connectivity index (χ0n) is 4.73. The topological polar surface area (TPSA) is 0 Å². The summed E-state index contributed by atoms with van der Waals surface area (Å²) in [5.41, 5.74) is 0. The Morgan fingerprint density at radius 2 is 1.50 bits per heavy atom. The van der Waals surface area contributed by atoms with Crippen LogP contribution in [0.4, 0.5) is 0 Å². The van der Waals surface area contributed by atoms with E-state index in [0.29, 0.717) is 0 Å². The van der Waals surface area contributed by atoms with E-state index in [2.05, 4.69) is 20.0 Å². The number of hydrogen-bond acceptors (Lipinski definition) is 0. The molecule has 6 heavy (non-hydrogen) atoms. The van der Waals surface area contributed by atoms with Crippen molar-refractivity contribution < 1.29 is 0 Å². The molecule has 0 bridgehead atoms. The van der Waals surface area contributed by atoms with Crippen LogP contribution in [0.5, 0.6) is 0 Å². The summed E-state index contributed by atoms with van der Waals surface area (Å²) in [5.74, 6) is 0. The summed E-state index contributed by atoms with van der Waals surface area (Å²) in [6.45, 7) is 6.69. The number of hydrogen-bond donors (Lipinski definition) is 0. The van der Waals surface area contributed by atoms with E-state index in [0.717, 1.165) is 6.06 Å². The molecule has 0 spiro atoms. The summed E-state index contributed by atoms with van der Waals surface area (Å²) in [5, 5.41) is 0. The summed E-state index contributed by atoms with van der Waals surface area (Å²) < 4.78 is 0. The Bertz CT molecular complexity index is 37.3. The van der Waals surface area contributed by atoms with Crippen molar-refractivity contribution in [3.63, 3.8) is 0 Å². The fraction of sp³-hybridized carbons (Fsp3) is 1.00. The average Bonchev–Trinajstić information content (AvgIpc) is 1.35. The van der Waals surface area contributed by atoms with E-state index < -0.39 is 7.26 Å². The quantitative estimate of drug-likeness (QED) is 0.341. The van der Waals surface area contributed by atoms with Crippen LogP contribution >= 0.6 is 7.26 Å². The Morgan fingerprint density at radius 3 is 1.50 bits per heavy atom. The summed E-state index contributed by atoms with van der Waals surface area (Å²) in [7, 11) is 4.74. The fourth-order valence-corrected chi connectivity index (χ4v) is 0. The Balaban J connectivity index is 3.17. The standard InChI is InChI=1S/C4H11BP/c1-6(2,3)4-5/h4H2,1-3H3. The Hall–Kier alpha value is 0.495. The van der Waals surface area contributed by atoms with Crippen LogP contribution in [0.3, 0.4) is 0 Å². The predicted molar refractivity (Wildman–Crippen MR) is 35.3 cm³/mol. The third-order valence-corrected chi connectivity index (χ3v) is 1.64. The minimum Gasteiger partial charge on any atom is -0.571 e. The Morgan fingerprint density at radius 1 is 1.33 bits per heavy atom. The smallest absolute Gasteiger partial charge is 0.0449 e. The molecule has 0 atom stereocenters. The van der Waals surface area contributed by atoms with Gasteiger partial charge in [-0.2, -0.15) is 6.06 Å². The maximum absolute atomic E-state index is 5.35. The van der Waals surface area contributed by atoms with Gasteiger partial charge < -0.3 is 7.85 Å². The molecule has 0 nitrogen and oxygen atoms in total. The van der Waals surface area contributed by atoms with Crippen LogP contribution in [0.25, 0.3) is 0 Å². The maximum atomic E-state index is 5.35. The van der Waals surface area contributed by atoms with E-state index in [-0.39, 0.29) is 0 Å². The van der Waals surface area contributed by atoms with E-state index in [1.54, 1.807) is 0 Å². The molecule has 0 aromatic rings. The first-order valence-electron chi connectivity index (χ1n) is 2.07. The SMILES string of the molecule is [B-]C[P+](C)(C)C. The van der Waals surface area contributed by atoms with Gasteiger partial charge in [0.05, 0.1) is 0 Å². The van der Waals surface area contributed by atoms with Crippen LogP contribution in [-0.2, 0) is 0 Å². The van der Waals surface area contributed by atoms with Crippen molar-refractivity contribution in [1.29, 1.82) is 0 Å². The molecule has 0 heterocycles. The molecule has 0 N–H and O–H groups in total. The lowest BCUT2D eigenvalue weighted by Crippen LogP contribution is -1.89. The highest BCUT2D eigenvalue weighted by molar-refractivity contribution is 7.74. The van der Waals surface area contributed by atoms with Gasteiger partial charge in [0.2, 0.25) is 0 Å². The Kier molecular flexibility index (Phi) is 2.14. The third kappa shape index (κ3) is 4.49. The molecule has 0 aromatic carbocycles. The molecule has 0 saturated heterocycles. The first kappa shape index (κ1) is 6.49. The van der Waals surface area contributed by atoms with Crippen LogP contribution < -0.4 is 0 Å². The highest BCUT2D eigenvalue weighted by Crippen LogP contribution is 2.44. The number of rotatable bonds is 1. The van der Waals surface area contributed by atoms with Gasteiger partial charge in [-0.25, -0.2) is 0 Å². The Labute approximate surface area is 42.1 Å². The van der Waals surface area contributed by atoms with E-state index in [1.165, 1.54) is 0 Å². The second kappa shape index (κ2) is 1.98. The van der Waals surface area contributed by atoms with Crippen molar-refractivity contribution in [2.24, 2.45) is 0 Å². The van der Waals surface area contributed by atoms with E-state index in [4.69, 9.17) is 7.85 Å². The van der Waals surface area contributed by atoms with Gasteiger partial charge >= 0.3 is 0 Å². The summed E-state index contributed by atoms with van der Waals surface area (Å²) in [6, 6.07) is 0.882. The van der Waals surface area contributed by atoms with Gasteiger partial charge in [0, 0.05) is 20.0 Å². The first-order valence-corrected chi connectivity index (χ1v) is 5.38. The fourth-order valence-electron chi connectivity index (χ4n) is 0. The van der Waals surface area contributed by atoms with E-state index in [1.807, 2.05) is 0 Å². The molecular weight excluding hydrogens is 89.8 g/mol. The molecular formula is C4H11BP. The molecule has 3 radical (unpaired) electrons. The molecule has 0 unspecified atom stereocenters. The minimum absolute atomic E-state index is 0.619. The maximum Gasteiger partial charge on any atom is 0.0449 e. The molecule has 0 fully saturated rings. The second-order valence-corrected chi connectivity index (χ2v) is 7.42. The summed E-state index contributed by atoms with van der Waals surface area (Å²) in [6.07, 6.45) is 0. The normalized spacial score (nSPS) is 12.0. The van der Waals surface area contributed by atoms with Gasteiger partial charge in [0.15, 0.2) is 0 Å². The highest BCUT2D eigenvalue weighted by Gasteiger charge is 2.03. The molecule has 0 saturated carbocycles. The zero-order chi connectivity index (χ0) is 5.21. The van der Waals surface area contributed by atoms with Crippen LogP contribution in [0.15, 0.2) is 0 Å². The minimum atomic E-state index is -0.619. The molecule has 0 aromatic heterocycles. The molecule has 0 aliphatic carbocycles. The molecule has 2 heteroatoms. The van der Waals surface area contributed by atoms with Crippen LogP contribution in [0.1, 0.15) is 0 Å². The predicted octanol–water partition coefficient (Wildman–Crippen LogP) is 1.02. The average molecular weight is 101 g/mol. The van der Waals surface area contributed by atoms with E-state index in [9.17, 15) is 0 Å². The van der Waals surface area contributed by atoms with Crippen molar-refractivity contribution in [2.75, 3.05) is 26.1 Å². The lowest BCUT2D eigenvalue weighted by Gasteiger charge is -2.15. The van der Waals surface area contributed by atoms with Crippen molar-refractivity contribution >= 4 is 15.1 Å². The van der Waals surface area contributed by atoms with Crippen molar-refractivity contribution in [1.82, 2.24) is 0 Å². The summed E-state index contributed by atoms with van der Waals surface area (Å²) in [4.78, 5) is 0. The first-order chi connectivity index (χ1) is 2.56. The lowest BCUT2D eigenvalue weighted by atomic mass is 10.2.